The maximum atomic E-state index is 10.9. The Kier molecular flexibility index (Phi) is 14.6. The Morgan fingerprint density at radius 3 is 2.00 bits per heavy atom. The summed E-state index contributed by atoms with van der Waals surface area (Å²) < 4.78 is 0. The van der Waals surface area contributed by atoms with E-state index in [9.17, 15) is 4.79 Å². The Hall–Kier alpha value is 0.290. The highest BCUT2D eigenvalue weighted by molar-refractivity contribution is 8.76. The Balaban J connectivity index is 0. The molecule has 0 saturated carbocycles. The van der Waals surface area contributed by atoms with Crippen molar-refractivity contribution in [2.24, 2.45) is 0 Å². The van der Waals surface area contributed by atoms with Crippen molar-refractivity contribution in [3.05, 3.63) is 0 Å². The summed E-state index contributed by atoms with van der Waals surface area (Å²) in [5.74, 6) is 0.217. The van der Waals surface area contributed by atoms with Gasteiger partial charge in [-0.05, 0) is 53.5 Å². The fourth-order valence-corrected chi connectivity index (χ4v) is 0.938. The van der Waals surface area contributed by atoms with Crippen molar-refractivity contribution in [2.75, 3.05) is 40.2 Å². The van der Waals surface area contributed by atoms with Crippen LogP contribution in [0.5, 0.6) is 0 Å². The molecule has 0 bridgehead atoms. The molecule has 0 aromatic heterocycles. The minimum atomic E-state index is 0.0254. The minimum absolute atomic E-state index is 0.0254. The first kappa shape index (κ1) is 17.7. The topological polar surface area (TPSA) is 32.3 Å². The molecule has 0 amide bonds. The van der Waals surface area contributed by atoms with Gasteiger partial charge in [-0.3, -0.25) is 4.79 Å². The van der Waals surface area contributed by atoms with Crippen molar-refractivity contribution < 1.29 is 4.79 Å². The molecule has 0 aliphatic heterocycles. The summed E-state index contributed by atoms with van der Waals surface area (Å²) in [5.41, 5.74) is 0. The zero-order chi connectivity index (χ0) is 12.3. The van der Waals surface area contributed by atoms with Crippen LogP contribution >= 0.6 is 21.6 Å². The number of nitrogens with zero attached hydrogens (tertiary/aromatic N) is 1. The molecule has 0 rings (SSSR count). The smallest absolute Gasteiger partial charge is 0.146 e. The third kappa shape index (κ3) is 14.3. The summed E-state index contributed by atoms with van der Waals surface area (Å²) >= 11 is 0. The predicted octanol–water partition coefficient (Wildman–Crippen LogP) is 1.74. The number of rotatable bonds is 6. The maximum absolute atomic E-state index is 10.9. The molecule has 0 fully saturated rings. The summed E-state index contributed by atoms with van der Waals surface area (Å²) in [6.07, 6.45) is 5.01. The van der Waals surface area contributed by atoms with E-state index in [1.807, 2.05) is 21.1 Å². The van der Waals surface area contributed by atoms with Crippen LogP contribution < -0.4 is 5.32 Å². The largest absolute Gasteiger partial charge is 0.311 e. The third-order valence-electron chi connectivity index (χ3n) is 1.87. The average molecular weight is 252 g/mol. The van der Waals surface area contributed by atoms with Gasteiger partial charge in [-0.1, -0.05) is 21.6 Å². The van der Waals surface area contributed by atoms with Crippen LogP contribution in [0.4, 0.5) is 0 Å². The number of nitrogens with one attached hydrogen (secondary N) is 1. The van der Waals surface area contributed by atoms with Crippen LogP contribution in [0.15, 0.2) is 0 Å². The highest BCUT2D eigenvalue weighted by Gasteiger charge is 2.10. The third-order valence-corrected chi connectivity index (χ3v) is 3.20. The van der Waals surface area contributed by atoms with Crippen LogP contribution in [0.25, 0.3) is 0 Å². The van der Waals surface area contributed by atoms with Crippen LogP contribution in [-0.4, -0.2) is 56.9 Å². The zero-order valence-corrected chi connectivity index (χ0v) is 12.3. The van der Waals surface area contributed by atoms with Crippen molar-refractivity contribution in [2.45, 2.75) is 19.4 Å². The first-order valence-electron chi connectivity index (χ1n) is 4.88. The van der Waals surface area contributed by atoms with E-state index >= 15 is 0 Å². The molecule has 0 aliphatic rings. The molecule has 5 heteroatoms. The molecule has 92 valence electrons. The van der Waals surface area contributed by atoms with Crippen molar-refractivity contribution in [3.8, 4) is 0 Å². The number of Topliss-reactive ketones (excluding diaryl/α,β-unsaturated/α-hetero) is 1. The van der Waals surface area contributed by atoms with Gasteiger partial charge < -0.3 is 10.2 Å². The van der Waals surface area contributed by atoms with Gasteiger partial charge in [0, 0.05) is 0 Å². The molecule has 0 saturated heterocycles. The molecular weight excluding hydrogens is 228 g/mol. The monoisotopic (exact) mass is 252 g/mol. The Labute approximate surface area is 102 Å². The highest BCUT2D eigenvalue weighted by atomic mass is 33.1. The number of carbonyl (C=O) groups is 1. The number of hydrogen-bond acceptors (Lipinski definition) is 5. The lowest BCUT2D eigenvalue weighted by molar-refractivity contribution is -0.119. The second-order valence-electron chi connectivity index (χ2n) is 3.38. The second kappa shape index (κ2) is 12.4. The molecule has 1 N–H and O–H groups in total. The maximum Gasteiger partial charge on any atom is 0.146 e. The van der Waals surface area contributed by atoms with Crippen molar-refractivity contribution in [1.29, 1.82) is 0 Å². The SMILES string of the molecule is CN[C@@H](CCN(C)C)C(C)=O.CSSC. The normalized spacial score (nSPS) is 11.9. The van der Waals surface area contributed by atoms with E-state index in [4.69, 9.17) is 0 Å². The van der Waals surface area contributed by atoms with Crippen LogP contribution in [0.1, 0.15) is 13.3 Å². The van der Waals surface area contributed by atoms with Crippen molar-refractivity contribution >= 4 is 27.4 Å². The molecule has 1 atom stereocenters. The fraction of sp³-hybridized carbons (Fsp3) is 0.900. The Morgan fingerprint density at radius 1 is 1.33 bits per heavy atom. The van der Waals surface area contributed by atoms with Gasteiger partial charge in [0.2, 0.25) is 0 Å². The predicted molar refractivity (Wildman–Crippen MR) is 73.7 cm³/mol. The first-order chi connectivity index (χ1) is 6.99. The fourth-order valence-electron chi connectivity index (χ4n) is 0.938. The van der Waals surface area contributed by atoms with E-state index in [2.05, 4.69) is 22.7 Å². The van der Waals surface area contributed by atoms with E-state index in [-0.39, 0.29) is 11.8 Å². The lowest BCUT2D eigenvalue weighted by Crippen LogP contribution is -2.35. The van der Waals surface area contributed by atoms with E-state index in [0.717, 1.165) is 13.0 Å². The number of ketones is 1. The van der Waals surface area contributed by atoms with Gasteiger partial charge in [-0.25, -0.2) is 0 Å². The van der Waals surface area contributed by atoms with Gasteiger partial charge >= 0.3 is 0 Å². The second-order valence-corrected chi connectivity index (χ2v) is 6.04. The van der Waals surface area contributed by atoms with Crippen molar-refractivity contribution in [1.82, 2.24) is 10.2 Å². The lowest BCUT2D eigenvalue weighted by Gasteiger charge is -2.15. The van der Waals surface area contributed by atoms with Gasteiger partial charge in [0.25, 0.3) is 0 Å². The van der Waals surface area contributed by atoms with E-state index < -0.39 is 0 Å². The first-order valence-corrected chi connectivity index (χ1v) is 7.85. The molecule has 15 heavy (non-hydrogen) atoms. The highest BCUT2D eigenvalue weighted by Crippen LogP contribution is 2.09. The molecule has 0 radical (unpaired) electrons. The summed E-state index contributed by atoms with van der Waals surface area (Å²) in [6.45, 7) is 2.57. The van der Waals surface area contributed by atoms with E-state index in [0.29, 0.717) is 0 Å². The number of likely N-dealkylation sites (N-methyl/N-ethyl adjacent to an activating group) is 1. The van der Waals surface area contributed by atoms with Gasteiger partial charge in [0.05, 0.1) is 6.04 Å². The minimum Gasteiger partial charge on any atom is -0.311 e. The molecule has 0 aliphatic carbocycles. The molecule has 3 nitrogen and oxygen atoms in total. The molecular formula is C10H24N2OS2. The van der Waals surface area contributed by atoms with Gasteiger partial charge in [-0.2, -0.15) is 0 Å². The summed E-state index contributed by atoms with van der Waals surface area (Å²) in [7, 11) is 9.38. The Bertz CT molecular complexity index is 152. The summed E-state index contributed by atoms with van der Waals surface area (Å²) in [4.78, 5) is 13.0. The van der Waals surface area contributed by atoms with Crippen LogP contribution in [-0.2, 0) is 4.79 Å². The lowest BCUT2D eigenvalue weighted by atomic mass is 10.1. The van der Waals surface area contributed by atoms with E-state index in [1.165, 1.54) is 0 Å². The van der Waals surface area contributed by atoms with E-state index in [1.54, 1.807) is 28.5 Å². The van der Waals surface area contributed by atoms with Gasteiger partial charge in [-0.15, -0.1) is 0 Å². The zero-order valence-electron chi connectivity index (χ0n) is 10.7. The molecule has 0 aromatic rings. The standard InChI is InChI=1S/C8H18N2O.C2H6S2/c1-7(11)8(9-2)5-6-10(3)4;1-3-4-2/h8-9H,5-6H2,1-4H3;1-2H3/t8-;/m0./s1. The summed E-state index contributed by atoms with van der Waals surface area (Å²) in [5, 5.41) is 2.98. The molecule has 0 spiro atoms. The average Bonchev–Trinajstić information content (AvgIpc) is 2.18. The van der Waals surface area contributed by atoms with Crippen LogP contribution in [0.3, 0.4) is 0 Å². The number of carbonyl (C=O) groups excluding carboxylic acids is 1. The quantitative estimate of drug-likeness (QED) is 0.728. The molecule has 0 unspecified atom stereocenters. The van der Waals surface area contributed by atoms with Gasteiger partial charge in [0.1, 0.15) is 5.78 Å². The van der Waals surface area contributed by atoms with Crippen LogP contribution in [0, 0.1) is 0 Å². The molecule has 0 heterocycles. The van der Waals surface area contributed by atoms with Gasteiger partial charge in [0.15, 0.2) is 0 Å². The van der Waals surface area contributed by atoms with Crippen molar-refractivity contribution in [3.63, 3.8) is 0 Å². The molecule has 0 aromatic carbocycles. The number of hydrogen-bond donors (Lipinski definition) is 1. The van der Waals surface area contributed by atoms with Crippen LogP contribution in [0.2, 0.25) is 0 Å². The Morgan fingerprint density at radius 2 is 1.80 bits per heavy atom. The summed E-state index contributed by atoms with van der Waals surface area (Å²) in [6, 6.07) is 0.0254.